The van der Waals surface area contributed by atoms with E-state index in [1.807, 2.05) is 45.0 Å². The molecule has 1 aromatic carbocycles. The minimum absolute atomic E-state index is 0.0496. The van der Waals surface area contributed by atoms with E-state index in [-0.39, 0.29) is 29.1 Å². The van der Waals surface area contributed by atoms with Crippen molar-refractivity contribution in [2.24, 2.45) is 40.2 Å². The molecule has 0 bridgehead atoms. The molecule has 1 aromatic rings. The van der Waals surface area contributed by atoms with Crippen molar-refractivity contribution in [2.75, 3.05) is 6.54 Å². The van der Waals surface area contributed by atoms with Crippen LogP contribution in [0, 0.1) is 34.5 Å². The van der Waals surface area contributed by atoms with Gasteiger partial charge in [-0.05, 0) is 85.7 Å². The van der Waals surface area contributed by atoms with E-state index >= 15 is 0 Å². The molecule has 12 nitrogen and oxygen atoms in total. The van der Waals surface area contributed by atoms with Crippen molar-refractivity contribution in [3.63, 3.8) is 0 Å². The number of nitrogens with one attached hydrogen (secondary N) is 3. The molecule has 0 spiro atoms. The number of urea groups is 1. The Hall–Kier alpha value is -3.96. The van der Waals surface area contributed by atoms with Crippen LogP contribution in [0.2, 0.25) is 0 Å². The number of piperidine rings is 1. The average molecular weight is 680 g/mol. The molecule has 0 aromatic heterocycles. The van der Waals surface area contributed by atoms with Crippen molar-refractivity contribution in [3.05, 3.63) is 35.4 Å². The van der Waals surface area contributed by atoms with Gasteiger partial charge in [0.25, 0.3) is 5.91 Å². The molecule has 4 aliphatic rings. The maximum Gasteiger partial charge on any atom is 0.329 e. The van der Waals surface area contributed by atoms with E-state index in [0.717, 1.165) is 24.0 Å². The van der Waals surface area contributed by atoms with Crippen molar-refractivity contribution in [2.45, 2.75) is 117 Å². The van der Waals surface area contributed by atoms with Crippen LogP contribution in [0.15, 0.2) is 24.3 Å². The first kappa shape index (κ1) is 36.3. The molecule has 49 heavy (non-hydrogen) atoms. The van der Waals surface area contributed by atoms with Gasteiger partial charge in [0.2, 0.25) is 17.6 Å². The van der Waals surface area contributed by atoms with Crippen molar-refractivity contribution in [1.82, 2.24) is 20.9 Å². The van der Waals surface area contributed by atoms with Gasteiger partial charge in [-0.25, -0.2) is 9.59 Å². The third-order valence-corrected chi connectivity index (χ3v) is 10.8. The zero-order valence-corrected chi connectivity index (χ0v) is 30.1. The van der Waals surface area contributed by atoms with Gasteiger partial charge in [0, 0.05) is 6.54 Å². The molecule has 3 fully saturated rings. The molecule has 1 heterocycles. The predicted octanol–water partition coefficient (Wildman–Crippen LogP) is 2.65. The monoisotopic (exact) mass is 679 g/mol. The first-order chi connectivity index (χ1) is 22.7. The molecule has 268 valence electrons. The van der Waals surface area contributed by atoms with Gasteiger partial charge < -0.3 is 31.3 Å². The Morgan fingerprint density at radius 2 is 1.53 bits per heavy atom. The molecule has 5 amide bonds. The average Bonchev–Trinajstić information content (AvgIpc) is 3.74. The van der Waals surface area contributed by atoms with Crippen LogP contribution < -0.4 is 21.7 Å². The number of carbonyl (C=O) groups is 6. The number of carbonyl (C=O) groups excluding carboxylic acids is 6. The lowest BCUT2D eigenvalue weighted by Crippen LogP contribution is -2.62. The second-order valence-corrected chi connectivity index (χ2v) is 17.2. The summed E-state index contributed by atoms with van der Waals surface area (Å²) in [5.41, 5.74) is 5.82. The van der Waals surface area contributed by atoms with Crippen LogP contribution in [0.4, 0.5) is 4.79 Å². The molecule has 12 heteroatoms. The molecule has 1 aliphatic heterocycles. The second-order valence-electron chi connectivity index (χ2n) is 17.2. The Labute approximate surface area is 289 Å². The molecule has 5 N–H and O–H groups in total. The third kappa shape index (κ3) is 7.94. The van der Waals surface area contributed by atoms with Crippen LogP contribution in [-0.2, 0) is 41.6 Å². The summed E-state index contributed by atoms with van der Waals surface area (Å²) in [6, 6.07) is 3.23. The lowest BCUT2D eigenvalue weighted by Gasteiger charge is -2.36. The topological polar surface area (TPSA) is 177 Å². The van der Waals surface area contributed by atoms with Crippen molar-refractivity contribution in [1.29, 1.82) is 0 Å². The molecular formula is C37H53N5O7. The van der Waals surface area contributed by atoms with Gasteiger partial charge in [-0.2, -0.15) is 0 Å². The number of amides is 5. The summed E-state index contributed by atoms with van der Waals surface area (Å²) in [6.07, 6.45) is 3.23. The standard InChI is InChI=1S/C37H53N5O7/c1-35(2,3)29(33(47)49-36(4,5)6)41-34(48)40-26(22-16-20-11-9-10-12-21(20)17-22)32(46)42-18-23-25(37(23,7)8)27(42)31(45)39-24(15-19-13-14-19)28(43)30(38)44/h9-12,19,22-27,29H,13-18H2,1-8H3,(H2,38,44)(H,39,45)(H2,40,41,48)/t23-,24?,25?,26-,27-,29+/m0/s1. The summed E-state index contributed by atoms with van der Waals surface area (Å²) in [7, 11) is 0. The molecule has 2 unspecified atom stereocenters. The van der Waals surface area contributed by atoms with Gasteiger partial charge in [-0.3, -0.25) is 19.2 Å². The molecule has 5 rings (SSSR count). The number of benzene rings is 1. The predicted molar refractivity (Wildman–Crippen MR) is 182 cm³/mol. The number of esters is 1. The van der Waals surface area contributed by atoms with E-state index in [4.69, 9.17) is 10.5 Å². The number of nitrogens with two attached hydrogens (primary N) is 1. The number of nitrogens with zero attached hydrogens (tertiary/aromatic N) is 1. The van der Waals surface area contributed by atoms with Gasteiger partial charge in [-0.1, -0.05) is 71.7 Å². The number of Topliss-reactive ketones (excluding diaryl/α,β-unsaturated/α-hetero) is 1. The maximum absolute atomic E-state index is 14.7. The zero-order valence-electron chi connectivity index (χ0n) is 30.1. The lowest BCUT2D eigenvalue weighted by molar-refractivity contribution is -0.160. The van der Waals surface area contributed by atoms with E-state index in [1.54, 1.807) is 25.7 Å². The normalized spacial score (nSPS) is 24.5. The van der Waals surface area contributed by atoms with Crippen LogP contribution in [-0.4, -0.2) is 76.7 Å². The van der Waals surface area contributed by atoms with Crippen molar-refractivity contribution in [3.8, 4) is 0 Å². The van der Waals surface area contributed by atoms with Crippen LogP contribution in [0.1, 0.15) is 85.8 Å². The number of fused-ring (bicyclic) bond motifs is 2. The highest BCUT2D eigenvalue weighted by Crippen LogP contribution is 2.65. The minimum atomic E-state index is -1.11. The Kier molecular flexibility index (Phi) is 9.68. The number of hydrogen-bond acceptors (Lipinski definition) is 7. The Morgan fingerprint density at radius 1 is 0.939 bits per heavy atom. The first-order valence-corrected chi connectivity index (χ1v) is 17.5. The Morgan fingerprint density at radius 3 is 2.04 bits per heavy atom. The largest absolute Gasteiger partial charge is 0.458 e. The van der Waals surface area contributed by atoms with E-state index in [0.29, 0.717) is 25.8 Å². The summed E-state index contributed by atoms with van der Waals surface area (Å²) in [5.74, 6) is -3.62. The Bertz CT molecular complexity index is 1500. The quantitative estimate of drug-likeness (QED) is 0.205. The SMILES string of the molecule is CC(C)(C)OC(=O)[C@@H](NC(=O)N[C@H](C(=O)N1C[C@H]2C([C@H]1C(=O)NC(CC1CC1)C(=O)C(N)=O)C2(C)C)C1Cc2ccccc2C1)C(C)(C)C. The van der Waals surface area contributed by atoms with Crippen LogP contribution in [0.5, 0.6) is 0 Å². The number of ether oxygens (including phenoxy) is 1. The molecule has 2 saturated carbocycles. The molecule has 3 aliphatic carbocycles. The van der Waals surface area contributed by atoms with Gasteiger partial charge in [-0.15, -0.1) is 0 Å². The zero-order chi connectivity index (χ0) is 36.2. The first-order valence-electron chi connectivity index (χ1n) is 17.5. The van der Waals surface area contributed by atoms with Crippen LogP contribution >= 0.6 is 0 Å². The smallest absolute Gasteiger partial charge is 0.329 e. The van der Waals surface area contributed by atoms with E-state index in [1.165, 1.54) is 0 Å². The number of primary amides is 1. The molecule has 0 radical (unpaired) electrons. The van der Waals surface area contributed by atoms with Gasteiger partial charge >= 0.3 is 12.0 Å². The van der Waals surface area contributed by atoms with Gasteiger partial charge in [0.1, 0.15) is 23.7 Å². The van der Waals surface area contributed by atoms with Crippen LogP contribution in [0.25, 0.3) is 0 Å². The Balaban J connectivity index is 1.41. The summed E-state index contributed by atoms with van der Waals surface area (Å²) in [5, 5.41) is 8.49. The highest BCUT2D eigenvalue weighted by Gasteiger charge is 2.70. The minimum Gasteiger partial charge on any atom is -0.458 e. The third-order valence-electron chi connectivity index (χ3n) is 10.8. The summed E-state index contributed by atoms with van der Waals surface area (Å²) < 4.78 is 5.62. The number of rotatable bonds is 11. The van der Waals surface area contributed by atoms with Crippen LogP contribution in [0.3, 0.4) is 0 Å². The highest BCUT2D eigenvalue weighted by molar-refractivity contribution is 6.37. The van der Waals surface area contributed by atoms with Crippen molar-refractivity contribution < 1.29 is 33.5 Å². The summed E-state index contributed by atoms with van der Waals surface area (Å²) in [4.78, 5) is 81.8. The van der Waals surface area contributed by atoms with Gasteiger partial charge in [0.15, 0.2) is 0 Å². The summed E-state index contributed by atoms with van der Waals surface area (Å²) >= 11 is 0. The fraction of sp³-hybridized carbons (Fsp3) is 0.676. The number of hydrogen-bond donors (Lipinski definition) is 4. The van der Waals surface area contributed by atoms with E-state index < -0.39 is 70.7 Å². The molecule has 1 saturated heterocycles. The second kappa shape index (κ2) is 13.1. The van der Waals surface area contributed by atoms with E-state index in [2.05, 4.69) is 29.8 Å². The lowest BCUT2D eigenvalue weighted by atomic mass is 9.86. The fourth-order valence-corrected chi connectivity index (χ4v) is 7.85. The number of ketones is 1. The van der Waals surface area contributed by atoms with Gasteiger partial charge in [0.05, 0.1) is 6.04 Å². The number of likely N-dealkylation sites (tertiary alicyclic amines) is 1. The highest BCUT2D eigenvalue weighted by atomic mass is 16.6. The summed E-state index contributed by atoms with van der Waals surface area (Å²) in [6.45, 7) is 15.1. The van der Waals surface area contributed by atoms with Crippen molar-refractivity contribution >= 4 is 35.5 Å². The molecular weight excluding hydrogens is 626 g/mol. The molecule has 6 atom stereocenters. The fourth-order valence-electron chi connectivity index (χ4n) is 7.85. The van der Waals surface area contributed by atoms with E-state index in [9.17, 15) is 28.8 Å². The maximum atomic E-state index is 14.7.